The molecule has 0 atom stereocenters. The second kappa shape index (κ2) is 26.2. The Kier molecular flexibility index (Phi) is 26.1. The zero-order valence-corrected chi connectivity index (χ0v) is 27.4. The predicted molar refractivity (Wildman–Crippen MR) is 170 cm³/mol. The summed E-state index contributed by atoms with van der Waals surface area (Å²) in [6.45, 7) is 10.0. The number of hydrogen-bond acceptors (Lipinski definition) is 0. The Labute approximate surface area is 237 Å². The molecule has 0 bridgehead atoms. The van der Waals surface area contributed by atoms with Crippen LogP contribution in [0.25, 0.3) is 0 Å². The highest BCUT2D eigenvalue weighted by atomic mass is 15.3. The molecule has 2 nitrogen and oxygen atoms in total. The molecule has 0 aliphatic carbocycles. The van der Waals surface area contributed by atoms with E-state index < -0.39 is 0 Å². The van der Waals surface area contributed by atoms with Crippen molar-refractivity contribution in [1.82, 2.24) is 0 Å². The van der Waals surface area contributed by atoms with E-state index in [-0.39, 0.29) is 0 Å². The topological polar surface area (TPSA) is 0 Å². The van der Waals surface area contributed by atoms with E-state index in [1.54, 1.807) is 0 Å². The number of hydrogen-bond donors (Lipinski definition) is 0. The molecular formula is C35H76N2+2. The molecule has 0 rings (SSSR count). The fourth-order valence-corrected chi connectivity index (χ4v) is 5.91. The first-order valence-electron chi connectivity index (χ1n) is 17.5. The van der Waals surface area contributed by atoms with Gasteiger partial charge in [-0.15, -0.1) is 0 Å². The van der Waals surface area contributed by atoms with Gasteiger partial charge in [-0.2, -0.15) is 0 Å². The molecule has 0 aromatic rings. The minimum absolute atomic E-state index is 1.22. The fraction of sp³-hybridized carbons (Fsp3) is 1.00. The van der Waals surface area contributed by atoms with Crippen molar-refractivity contribution in [1.29, 1.82) is 0 Å². The van der Waals surface area contributed by atoms with Crippen LogP contribution in [0.1, 0.15) is 174 Å². The maximum absolute atomic E-state index is 2.46. The van der Waals surface area contributed by atoms with Gasteiger partial charge in [-0.1, -0.05) is 142 Å². The van der Waals surface area contributed by atoms with Crippen LogP contribution in [0.4, 0.5) is 0 Å². The van der Waals surface area contributed by atoms with Gasteiger partial charge < -0.3 is 8.97 Å². The first-order valence-corrected chi connectivity index (χ1v) is 17.5. The molecule has 0 N–H and O–H groups in total. The van der Waals surface area contributed by atoms with Gasteiger partial charge in [-0.3, -0.25) is 0 Å². The lowest BCUT2D eigenvalue weighted by molar-refractivity contribution is -0.909. The summed E-state index contributed by atoms with van der Waals surface area (Å²) in [7, 11) is 9.85. The quantitative estimate of drug-likeness (QED) is 0.0647. The van der Waals surface area contributed by atoms with Gasteiger partial charge in [0.15, 0.2) is 0 Å². The average molecular weight is 525 g/mol. The highest BCUT2D eigenvalue weighted by molar-refractivity contribution is 4.51. The normalized spacial score (nSPS) is 12.5. The van der Waals surface area contributed by atoms with E-state index in [4.69, 9.17) is 0 Å². The van der Waals surface area contributed by atoms with Gasteiger partial charge in [0, 0.05) is 6.42 Å². The summed E-state index contributed by atoms with van der Waals surface area (Å²) in [4.78, 5) is 0. The van der Waals surface area contributed by atoms with E-state index in [0.717, 1.165) is 0 Å². The molecule has 2 heteroatoms. The Balaban J connectivity index is 3.56. The average Bonchev–Trinajstić information content (AvgIpc) is 2.85. The van der Waals surface area contributed by atoms with Gasteiger partial charge in [0.2, 0.25) is 0 Å². The van der Waals surface area contributed by atoms with Crippen LogP contribution in [0.2, 0.25) is 0 Å². The molecule has 0 unspecified atom stereocenters. The molecule has 0 saturated heterocycles. The standard InChI is InChI=1S/C35H76N2/c1-7-9-11-13-15-17-19-21-23-25-27-29-32-36(3,4)34-31-35-37(5,6)33-30-28-26-24-22-20-18-16-14-12-10-8-2/h7-35H2,1-6H3/q+2. The van der Waals surface area contributed by atoms with Crippen LogP contribution in [-0.2, 0) is 0 Å². The number of rotatable bonds is 30. The van der Waals surface area contributed by atoms with Crippen molar-refractivity contribution in [2.75, 3.05) is 54.4 Å². The Hall–Kier alpha value is -0.0800. The highest BCUT2D eigenvalue weighted by Crippen LogP contribution is 2.15. The van der Waals surface area contributed by atoms with Gasteiger partial charge in [0.25, 0.3) is 0 Å². The van der Waals surface area contributed by atoms with Gasteiger partial charge in [-0.25, -0.2) is 0 Å². The molecule has 0 saturated carbocycles. The van der Waals surface area contributed by atoms with Crippen molar-refractivity contribution in [2.24, 2.45) is 0 Å². The van der Waals surface area contributed by atoms with Crippen LogP contribution < -0.4 is 0 Å². The molecule has 224 valence electrons. The van der Waals surface area contributed by atoms with E-state index in [1.165, 1.54) is 196 Å². The van der Waals surface area contributed by atoms with Crippen LogP contribution in [-0.4, -0.2) is 63.3 Å². The molecule has 0 aromatic carbocycles. The molecule has 0 amide bonds. The van der Waals surface area contributed by atoms with Crippen molar-refractivity contribution in [2.45, 2.75) is 174 Å². The van der Waals surface area contributed by atoms with E-state index in [9.17, 15) is 0 Å². The lowest BCUT2D eigenvalue weighted by atomic mass is 10.0. The summed E-state index contributed by atoms with van der Waals surface area (Å²) in [5, 5.41) is 0. The third-order valence-corrected chi connectivity index (χ3v) is 8.76. The van der Waals surface area contributed by atoms with E-state index in [2.05, 4.69) is 42.0 Å². The molecule has 0 aromatic heterocycles. The first-order chi connectivity index (χ1) is 17.8. The van der Waals surface area contributed by atoms with Crippen LogP contribution in [0.15, 0.2) is 0 Å². The third-order valence-electron chi connectivity index (χ3n) is 8.76. The third kappa shape index (κ3) is 28.7. The summed E-state index contributed by atoms with van der Waals surface area (Å²) in [5.74, 6) is 0. The summed E-state index contributed by atoms with van der Waals surface area (Å²) in [6.07, 6.45) is 36.2. The molecule has 37 heavy (non-hydrogen) atoms. The predicted octanol–water partition coefficient (Wildman–Crippen LogP) is 10.9. The molecule has 0 heterocycles. The van der Waals surface area contributed by atoms with Crippen LogP contribution in [0.5, 0.6) is 0 Å². The number of quaternary nitrogens is 2. The number of unbranched alkanes of at least 4 members (excludes halogenated alkanes) is 22. The zero-order valence-electron chi connectivity index (χ0n) is 27.4. The Bertz CT molecular complexity index is 403. The number of nitrogens with zero attached hydrogens (tertiary/aromatic N) is 2. The van der Waals surface area contributed by atoms with Crippen LogP contribution in [0, 0.1) is 0 Å². The van der Waals surface area contributed by atoms with Crippen molar-refractivity contribution < 1.29 is 8.97 Å². The maximum atomic E-state index is 2.46. The van der Waals surface area contributed by atoms with Gasteiger partial charge in [-0.05, 0) is 25.7 Å². The molecule has 0 radical (unpaired) electrons. The molecule has 0 aliphatic heterocycles. The van der Waals surface area contributed by atoms with Crippen molar-refractivity contribution >= 4 is 0 Å². The Morgan fingerprint density at radius 3 is 0.676 bits per heavy atom. The lowest BCUT2D eigenvalue weighted by Gasteiger charge is -2.33. The van der Waals surface area contributed by atoms with Crippen LogP contribution >= 0.6 is 0 Å². The van der Waals surface area contributed by atoms with E-state index >= 15 is 0 Å². The largest absolute Gasteiger partial charge is 0.328 e. The van der Waals surface area contributed by atoms with Gasteiger partial charge in [0.1, 0.15) is 0 Å². The molecule has 0 spiro atoms. The second-order valence-corrected chi connectivity index (χ2v) is 13.9. The minimum atomic E-state index is 1.22. The zero-order chi connectivity index (χ0) is 27.5. The summed E-state index contributed by atoms with van der Waals surface area (Å²) in [5.41, 5.74) is 0. The summed E-state index contributed by atoms with van der Waals surface area (Å²) < 4.78 is 2.44. The minimum Gasteiger partial charge on any atom is -0.328 e. The van der Waals surface area contributed by atoms with Crippen molar-refractivity contribution in [3.8, 4) is 0 Å². The van der Waals surface area contributed by atoms with E-state index in [1.807, 2.05) is 0 Å². The Morgan fingerprint density at radius 1 is 0.243 bits per heavy atom. The first kappa shape index (κ1) is 36.9. The smallest absolute Gasteiger partial charge is 0.0836 e. The Morgan fingerprint density at radius 2 is 0.432 bits per heavy atom. The van der Waals surface area contributed by atoms with E-state index in [0.29, 0.717) is 0 Å². The van der Waals surface area contributed by atoms with Crippen LogP contribution in [0.3, 0.4) is 0 Å². The molecule has 0 aliphatic rings. The fourth-order valence-electron chi connectivity index (χ4n) is 5.91. The highest BCUT2D eigenvalue weighted by Gasteiger charge is 2.19. The van der Waals surface area contributed by atoms with Crippen molar-refractivity contribution in [3.05, 3.63) is 0 Å². The van der Waals surface area contributed by atoms with Crippen molar-refractivity contribution in [3.63, 3.8) is 0 Å². The van der Waals surface area contributed by atoms with Gasteiger partial charge in [0.05, 0.1) is 54.4 Å². The van der Waals surface area contributed by atoms with Gasteiger partial charge >= 0.3 is 0 Å². The molecular weight excluding hydrogens is 448 g/mol. The monoisotopic (exact) mass is 525 g/mol. The maximum Gasteiger partial charge on any atom is 0.0836 e. The summed E-state index contributed by atoms with van der Waals surface area (Å²) >= 11 is 0. The molecule has 0 fully saturated rings. The lowest BCUT2D eigenvalue weighted by Crippen LogP contribution is -2.46. The summed E-state index contributed by atoms with van der Waals surface area (Å²) in [6, 6.07) is 0. The second-order valence-electron chi connectivity index (χ2n) is 13.9. The SMILES string of the molecule is CCCCCCCCCCCCCC[N+](C)(C)CCC[N+](C)(C)CCCCCCCCCCCCCC.